The van der Waals surface area contributed by atoms with E-state index in [0.29, 0.717) is 13.1 Å². The molecule has 0 heterocycles. The van der Waals surface area contributed by atoms with E-state index >= 15 is 0 Å². The maximum atomic E-state index is 9.61. The first-order valence-corrected chi connectivity index (χ1v) is 6.50. The van der Waals surface area contributed by atoms with E-state index in [0.717, 1.165) is 15.1 Å². The van der Waals surface area contributed by atoms with Crippen LogP contribution in [0.2, 0.25) is 5.02 Å². The second-order valence-corrected chi connectivity index (χ2v) is 5.50. The van der Waals surface area contributed by atoms with Crippen LogP contribution in [-0.4, -0.2) is 17.8 Å². The summed E-state index contributed by atoms with van der Waals surface area (Å²) in [6, 6.07) is 5.81. The molecule has 16 heavy (non-hydrogen) atoms. The van der Waals surface area contributed by atoms with Gasteiger partial charge in [0.05, 0.1) is 6.10 Å². The highest BCUT2D eigenvalue weighted by molar-refractivity contribution is 9.10. The van der Waals surface area contributed by atoms with Gasteiger partial charge < -0.3 is 10.4 Å². The van der Waals surface area contributed by atoms with Crippen molar-refractivity contribution in [2.45, 2.75) is 26.5 Å². The summed E-state index contributed by atoms with van der Waals surface area (Å²) in [6.07, 6.45) is -0.311. The lowest BCUT2D eigenvalue weighted by atomic mass is 10.1. The van der Waals surface area contributed by atoms with Crippen LogP contribution in [0.25, 0.3) is 0 Å². The zero-order valence-electron chi connectivity index (χ0n) is 9.50. The molecular formula is C12H17BrClNO. The van der Waals surface area contributed by atoms with Gasteiger partial charge in [0.25, 0.3) is 0 Å². The highest BCUT2D eigenvalue weighted by Gasteiger charge is 2.08. The SMILES string of the molecule is CC(C)C(O)CNCc1ccc(Br)cc1Cl. The summed E-state index contributed by atoms with van der Waals surface area (Å²) in [4.78, 5) is 0. The van der Waals surface area contributed by atoms with Crippen molar-refractivity contribution in [3.8, 4) is 0 Å². The van der Waals surface area contributed by atoms with E-state index in [1.165, 1.54) is 0 Å². The highest BCUT2D eigenvalue weighted by Crippen LogP contribution is 2.21. The first kappa shape index (κ1) is 14.0. The van der Waals surface area contributed by atoms with Gasteiger partial charge in [-0.05, 0) is 23.6 Å². The van der Waals surface area contributed by atoms with Crippen LogP contribution in [0.3, 0.4) is 0 Å². The summed E-state index contributed by atoms with van der Waals surface area (Å²) in [5.74, 6) is 0.271. The molecule has 0 aromatic heterocycles. The van der Waals surface area contributed by atoms with Crippen LogP contribution in [0, 0.1) is 5.92 Å². The van der Waals surface area contributed by atoms with Crippen molar-refractivity contribution in [2.24, 2.45) is 5.92 Å². The van der Waals surface area contributed by atoms with E-state index in [-0.39, 0.29) is 12.0 Å². The smallest absolute Gasteiger partial charge is 0.0687 e. The Hall–Kier alpha value is -0.0900. The molecule has 0 aliphatic heterocycles. The maximum absolute atomic E-state index is 9.61. The Morgan fingerprint density at radius 3 is 2.69 bits per heavy atom. The Morgan fingerprint density at radius 1 is 1.44 bits per heavy atom. The fourth-order valence-corrected chi connectivity index (χ4v) is 2.00. The molecule has 1 aromatic rings. The minimum atomic E-state index is -0.311. The third kappa shape index (κ3) is 4.42. The van der Waals surface area contributed by atoms with Crippen LogP contribution >= 0.6 is 27.5 Å². The van der Waals surface area contributed by atoms with Crippen molar-refractivity contribution >= 4 is 27.5 Å². The van der Waals surface area contributed by atoms with Gasteiger partial charge in [0, 0.05) is 22.6 Å². The summed E-state index contributed by atoms with van der Waals surface area (Å²) in [6.45, 7) is 5.26. The van der Waals surface area contributed by atoms with Crippen molar-refractivity contribution in [3.63, 3.8) is 0 Å². The van der Waals surface area contributed by atoms with Crippen LogP contribution in [0.1, 0.15) is 19.4 Å². The summed E-state index contributed by atoms with van der Waals surface area (Å²) in [7, 11) is 0. The van der Waals surface area contributed by atoms with Gasteiger partial charge in [-0.25, -0.2) is 0 Å². The zero-order chi connectivity index (χ0) is 12.1. The predicted octanol–water partition coefficient (Wildman–Crippen LogP) is 3.21. The molecule has 2 N–H and O–H groups in total. The molecule has 1 unspecified atom stereocenters. The van der Waals surface area contributed by atoms with E-state index < -0.39 is 0 Å². The lowest BCUT2D eigenvalue weighted by Crippen LogP contribution is -2.30. The van der Waals surface area contributed by atoms with E-state index in [2.05, 4.69) is 21.2 Å². The first-order chi connectivity index (χ1) is 7.50. The normalized spacial score (nSPS) is 13.1. The average Bonchev–Trinajstić information content (AvgIpc) is 2.20. The molecule has 1 rings (SSSR count). The van der Waals surface area contributed by atoms with Gasteiger partial charge in [-0.15, -0.1) is 0 Å². The molecule has 1 atom stereocenters. The van der Waals surface area contributed by atoms with E-state index in [1.54, 1.807) is 0 Å². The minimum absolute atomic E-state index is 0.271. The summed E-state index contributed by atoms with van der Waals surface area (Å²) in [5, 5.41) is 13.5. The summed E-state index contributed by atoms with van der Waals surface area (Å²) >= 11 is 9.44. The molecule has 0 fully saturated rings. The monoisotopic (exact) mass is 305 g/mol. The summed E-state index contributed by atoms with van der Waals surface area (Å²) in [5.41, 5.74) is 1.04. The number of halogens is 2. The number of hydrogen-bond donors (Lipinski definition) is 2. The number of hydrogen-bond acceptors (Lipinski definition) is 2. The lowest BCUT2D eigenvalue weighted by Gasteiger charge is -2.15. The second-order valence-electron chi connectivity index (χ2n) is 4.18. The molecular weight excluding hydrogens is 289 g/mol. The Morgan fingerprint density at radius 2 is 2.12 bits per heavy atom. The molecule has 0 spiro atoms. The van der Waals surface area contributed by atoms with Crippen LogP contribution in [0.15, 0.2) is 22.7 Å². The van der Waals surface area contributed by atoms with Crippen molar-refractivity contribution in [3.05, 3.63) is 33.3 Å². The van der Waals surface area contributed by atoms with Crippen molar-refractivity contribution in [2.75, 3.05) is 6.54 Å². The van der Waals surface area contributed by atoms with Crippen molar-refractivity contribution in [1.29, 1.82) is 0 Å². The zero-order valence-corrected chi connectivity index (χ0v) is 11.8. The van der Waals surface area contributed by atoms with Crippen molar-refractivity contribution in [1.82, 2.24) is 5.32 Å². The molecule has 1 aromatic carbocycles. The third-order valence-electron chi connectivity index (χ3n) is 2.45. The maximum Gasteiger partial charge on any atom is 0.0687 e. The quantitative estimate of drug-likeness (QED) is 0.875. The van der Waals surface area contributed by atoms with Crippen LogP contribution in [0.4, 0.5) is 0 Å². The Labute approximate surface area is 110 Å². The number of aliphatic hydroxyl groups is 1. The van der Waals surface area contributed by atoms with Crippen molar-refractivity contribution < 1.29 is 5.11 Å². The number of aliphatic hydroxyl groups excluding tert-OH is 1. The van der Waals surface area contributed by atoms with E-state index in [9.17, 15) is 5.11 Å². The Kier molecular flexibility index (Phi) is 5.76. The molecule has 0 saturated heterocycles. The predicted molar refractivity (Wildman–Crippen MR) is 71.7 cm³/mol. The fraction of sp³-hybridized carbons (Fsp3) is 0.500. The Balaban J connectivity index is 2.43. The second kappa shape index (κ2) is 6.60. The molecule has 0 aliphatic carbocycles. The molecule has 0 radical (unpaired) electrons. The molecule has 0 aliphatic rings. The lowest BCUT2D eigenvalue weighted by molar-refractivity contribution is 0.123. The van der Waals surface area contributed by atoms with Gasteiger partial charge in [0.2, 0.25) is 0 Å². The van der Waals surface area contributed by atoms with E-state index in [4.69, 9.17) is 11.6 Å². The van der Waals surface area contributed by atoms with Gasteiger partial charge in [-0.2, -0.15) is 0 Å². The van der Waals surface area contributed by atoms with Gasteiger partial charge >= 0.3 is 0 Å². The van der Waals surface area contributed by atoms with Gasteiger partial charge in [-0.1, -0.05) is 47.4 Å². The molecule has 90 valence electrons. The highest BCUT2D eigenvalue weighted by atomic mass is 79.9. The summed E-state index contributed by atoms with van der Waals surface area (Å²) < 4.78 is 0.975. The number of nitrogens with one attached hydrogen (secondary N) is 1. The average molecular weight is 307 g/mol. The molecule has 4 heteroatoms. The molecule has 2 nitrogen and oxygen atoms in total. The first-order valence-electron chi connectivity index (χ1n) is 5.33. The van der Waals surface area contributed by atoms with Gasteiger partial charge in [0.15, 0.2) is 0 Å². The van der Waals surface area contributed by atoms with Crippen LogP contribution < -0.4 is 5.32 Å². The third-order valence-corrected chi connectivity index (χ3v) is 3.30. The largest absolute Gasteiger partial charge is 0.392 e. The van der Waals surface area contributed by atoms with E-state index in [1.807, 2.05) is 32.0 Å². The van der Waals surface area contributed by atoms with Gasteiger partial charge in [0.1, 0.15) is 0 Å². The minimum Gasteiger partial charge on any atom is -0.392 e. The van der Waals surface area contributed by atoms with Gasteiger partial charge in [-0.3, -0.25) is 0 Å². The van der Waals surface area contributed by atoms with Crippen LogP contribution in [-0.2, 0) is 6.54 Å². The topological polar surface area (TPSA) is 32.3 Å². The standard InChI is InChI=1S/C12H17BrClNO/c1-8(2)12(16)7-15-6-9-3-4-10(13)5-11(9)14/h3-5,8,12,15-16H,6-7H2,1-2H3. The fourth-order valence-electron chi connectivity index (χ4n) is 1.26. The molecule has 0 bridgehead atoms. The van der Waals surface area contributed by atoms with Crippen LogP contribution in [0.5, 0.6) is 0 Å². The number of benzene rings is 1. The number of rotatable bonds is 5. The molecule has 0 saturated carbocycles. The Bertz CT molecular complexity index is 344. The molecule has 0 amide bonds.